The number of rotatable bonds is 6. The lowest BCUT2D eigenvalue weighted by Gasteiger charge is -2.22. The largest absolute Gasteiger partial charge is 0.507 e. The van der Waals surface area contributed by atoms with E-state index in [2.05, 4.69) is 28.8 Å². The summed E-state index contributed by atoms with van der Waals surface area (Å²) < 4.78 is 5.72. The second-order valence-corrected chi connectivity index (χ2v) is 9.26. The number of aliphatic hydroxyl groups excluding tert-OH is 1. The van der Waals surface area contributed by atoms with Crippen LogP contribution in [0, 0.1) is 12.8 Å². The van der Waals surface area contributed by atoms with Crippen molar-refractivity contribution in [3.8, 4) is 5.75 Å². The molecule has 2 N–H and O–H groups in total. The average molecular weight is 483 g/mol. The van der Waals surface area contributed by atoms with Gasteiger partial charge in [0.1, 0.15) is 11.5 Å². The molecule has 1 aliphatic heterocycles. The molecule has 0 spiro atoms. The SMILES string of the molecule is Cc1ccc2nc(N3C(=O)C(=O)/C(=C(/O)c4ccc(OCC(C)C)cc4)C3c3ccncc3)[nH]c2c1. The van der Waals surface area contributed by atoms with Crippen molar-refractivity contribution < 1.29 is 19.4 Å². The molecule has 1 saturated heterocycles. The van der Waals surface area contributed by atoms with Crippen LogP contribution >= 0.6 is 0 Å². The van der Waals surface area contributed by atoms with Crippen LogP contribution in [0.5, 0.6) is 5.75 Å². The summed E-state index contributed by atoms with van der Waals surface area (Å²) in [6, 6.07) is 15.1. The molecule has 0 radical (unpaired) electrons. The van der Waals surface area contributed by atoms with Crippen molar-refractivity contribution in [3.63, 3.8) is 0 Å². The molecule has 5 rings (SSSR count). The molecule has 182 valence electrons. The van der Waals surface area contributed by atoms with Crippen molar-refractivity contribution in [3.05, 3.63) is 89.3 Å². The van der Waals surface area contributed by atoms with E-state index in [4.69, 9.17) is 4.74 Å². The number of hydrogen-bond donors (Lipinski definition) is 2. The van der Waals surface area contributed by atoms with Gasteiger partial charge in [0, 0.05) is 18.0 Å². The fourth-order valence-electron chi connectivity index (χ4n) is 4.26. The molecule has 0 bridgehead atoms. The van der Waals surface area contributed by atoms with Crippen molar-refractivity contribution >= 4 is 34.4 Å². The molecule has 2 aromatic carbocycles. The van der Waals surface area contributed by atoms with Crippen molar-refractivity contribution in [2.75, 3.05) is 11.5 Å². The van der Waals surface area contributed by atoms with Crippen molar-refractivity contribution in [1.29, 1.82) is 0 Å². The van der Waals surface area contributed by atoms with Gasteiger partial charge < -0.3 is 14.8 Å². The van der Waals surface area contributed by atoms with Crippen LogP contribution < -0.4 is 9.64 Å². The highest BCUT2D eigenvalue weighted by molar-refractivity contribution is 6.51. The fourth-order valence-corrected chi connectivity index (χ4v) is 4.26. The van der Waals surface area contributed by atoms with E-state index >= 15 is 0 Å². The van der Waals surface area contributed by atoms with Gasteiger partial charge in [0.05, 0.1) is 29.3 Å². The number of pyridine rings is 1. The summed E-state index contributed by atoms with van der Waals surface area (Å²) in [6.45, 7) is 6.64. The number of ketones is 1. The Balaban J connectivity index is 1.61. The van der Waals surface area contributed by atoms with Crippen LogP contribution in [0.4, 0.5) is 5.95 Å². The molecule has 1 amide bonds. The molecule has 1 atom stereocenters. The molecular formula is C28H26N4O4. The van der Waals surface area contributed by atoms with Crippen molar-refractivity contribution in [1.82, 2.24) is 15.0 Å². The minimum absolute atomic E-state index is 0.0151. The number of benzene rings is 2. The Morgan fingerprint density at radius 1 is 1.08 bits per heavy atom. The first-order valence-corrected chi connectivity index (χ1v) is 11.7. The molecule has 1 unspecified atom stereocenters. The standard InChI is InChI=1S/C28H26N4O4/c1-16(2)15-36-20-7-5-19(6-8-20)25(33)23-24(18-10-12-29-13-11-18)32(27(35)26(23)34)28-30-21-9-4-17(3)14-22(21)31-28/h4-14,16,24,33H,15H2,1-3H3,(H,30,31)/b25-23+. The number of nitrogens with zero attached hydrogens (tertiary/aromatic N) is 3. The first kappa shape index (κ1) is 23.3. The number of nitrogens with one attached hydrogen (secondary N) is 1. The van der Waals surface area contributed by atoms with E-state index in [1.807, 2.05) is 25.1 Å². The van der Waals surface area contributed by atoms with Gasteiger partial charge in [0.15, 0.2) is 0 Å². The van der Waals surface area contributed by atoms with Gasteiger partial charge in [0.2, 0.25) is 5.95 Å². The molecule has 4 aromatic rings. The zero-order valence-electron chi connectivity index (χ0n) is 20.2. The minimum atomic E-state index is -0.883. The Morgan fingerprint density at radius 3 is 2.50 bits per heavy atom. The molecule has 8 nitrogen and oxygen atoms in total. The summed E-state index contributed by atoms with van der Waals surface area (Å²) in [6.07, 6.45) is 3.16. The van der Waals surface area contributed by atoms with Crippen LogP contribution in [-0.4, -0.2) is 38.4 Å². The Kier molecular flexibility index (Phi) is 6.01. The third kappa shape index (κ3) is 4.22. The van der Waals surface area contributed by atoms with E-state index in [0.717, 1.165) is 11.1 Å². The Hall–Kier alpha value is -4.46. The number of ether oxygens (including phenoxy) is 1. The van der Waals surface area contributed by atoms with Crippen LogP contribution in [0.25, 0.3) is 16.8 Å². The van der Waals surface area contributed by atoms with E-state index < -0.39 is 17.7 Å². The lowest BCUT2D eigenvalue weighted by atomic mass is 9.96. The molecule has 3 heterocycles. The highest BCUT2D eigenvalue weighted by atomic mass is 16.5. The molecule has 0 saturated carbocycles. The zero-order chi connectivity index (χ0) is 25.4. The van der Waals surface area contributed by atoms with Crippen LogP contribution in [-0.2, 0) is 9.59 Å². The number of fused-ring (bicyclic) bond motifs is 1. The maximum absolute atomic E-state index is 13.3. The van der Waals surface area contributed by atoms with Gasteiger partial charge in [0.25, 0.3) is 5.78 Å². The van der Waals surface area contributed by atoms with Crippen molar-refractivity contribution in [2.24, 2.45) is 5.92 Å². The van der Waals surface area contributed by atoms with E-state index in [1.54, 1.807) is 48.8 Å². The number of aromatic nitrogens is 3. The smallest absolute Gasteiger partial charge is 0.302 e. The summed E-state index contributed by atoms with van der Waals surface area (Å²) in [5.74, 6) is -0.561. The number of aromatic amines is 1. The van der Waals surface area contributed by atoms with E-state index in [1.165, 1.54) is 4.90 Å². The molecule has 8 heteroatoms. The van der Waals surface area contributed by atoms with E-state index in [9.17, 15) is 14.7 Å². The molecule has 36 heavy (non-hydrogen) atoms. The van der Waals surface area contributed by atoms with E-state index in [0.29, 0.717) is 34.9 Å². The van der Waals surface area contributed by atoms with Crippen LogP contribution in [0.3, 0.4) is 0 Å². The number of H-pyrrole nitrogens is 1. The fraction of sp³-hybridized carbons (Fsp3) is 0.214. The summed E-state index contributed by atoms with van der Waals surface area (Å²) in [5.41, 5.74) is 3.47. The van der Waals surface area contributed by atoms with Crippen LogP contribution in [0.2, 0.25) is 0 Å². The Morgan fingerprint density at radius 2 is 1.81 bits per heavy atom. The first-order valence-electron chi connectivity index (χ1n) is 11.7. The minimum Gasteiger partial charge on any atom is -0.507 e. The first-order chi connectivity index (χ1) is 17.3. The summed E-state index contributed by atoms with van der Waals surface area (Å²) in [7, 11) is 0. The lowest BCUT2D eigenvalue weighted by Crippen LogP contribution is -2.30. The van der Waals surface area contributed by atoms with Gasteiger partial charge in [-0.05, 0) is 72.5 Å². The second-order valence-electron chi connectivity index (χ2n) is 9.26. The Labute approximate surface area is 208 Å². The van der Waals surface area contributed by atoms with Gasteiger partial charge in [-0.25, -0.2) is 4.98 Å². The van der Waals surface area contributed by atoms with Crippen LogP contribution in [0.1, 0.15) is 36.6 Å². The summed E-state index contributed by atoms with van der Waals surface area (Å²) in [5, 5.41) is 11.3. The van der Waals surface area contributed by atoms with Gasteiger partial charge in [-0.1, -0.05) is 19.9 Å². The highest BCUT2D eigenvalue weighted by Crippen LogP contribution is 2.41. The third-order valence-electron chi connectivity index (χ3n) is 6.03. The number of anilines is 1. The lowest BCUT2D eigenvalue weighted by molar-refractivity contribution is -0.132. The number of Topliss-reactive ketones (excluding diaryl/α,β-unsaturated/α-hetero) is 1. The normalized spacial score (nSPS) is 17.3. The summed E-state index contributed by atoms with van der Waals surface area (Å²) in [4.78, 5) is 39.7. The predicted molar refractivity (Wildman–Crippen MR) is 137 cm³/mol. The molecule has 1 fully saturated rings. The molecule has 2 aromatic heterocycles. The van der Waals surface area contributed by atoms with E-state index in [-0.39, 0.29) is 17.3 Å². The zero-order valence-corrected chi connectivity index (χ0v) is 20.2. The number of imidazole rings is 1. The highest BCUT2D eigenvalue weighted by Gasteiger charge is 2.48. The maximum atomic E-state index is 13.3. The quantitative estimate of drug-likeness (QED) is 0.229. The van der Waals surface area contributed by atoms with Gasteiger partial charge in [-0.2, -0.15) is 0 Å². The van der Waals surface area contributed by atoms with Crippen LogP contribution in [0.15, 0.2) is 72.6 Å². The molecule has 1 aliphatic rings. The van der Waals surface area contributed by atoms with Gasteiger partial charge >= 0.3 is 5.91 Å². The number of carbonyl (C=O) groups is 2. The summed E-state index contributed by atoms with van der Waals surface area (Å²) >= 11 is 0. The van der Waals surface area contributed by atoms with Gasteiger partial charge in [-0.15, -0.1) is 0 Å². The number of carbonyl (C=O) groups excluding carboxylic acids is 2. The predicted octanol–water partition coefficient (Wildman–Crippen LogP) is 4.93. The van der Waals surface area contributed by atoms with Gasteiger partial charge in [-0.3, -0.25) is 19.5 Å². The maximum Gasteiger partial charge on any atom is 0.302 e. The monoisotopic (exact) mass is 482 g/mol. The number of amides is 1. The topological polar surface area (TPSA) is 108 Å². The van der Waals surface area contributed by atoms with Crippen molar-refractivity contribution in [2.45, 2.75) is 26.8 Å². The Bertz CT molecular complexity index is 1470. The second kappa shape index (κ2) is 9.30. The number of hydrogen-bond acceptors (Lipinski definition) is 6. The average Bonchev–Trinajstić information content (AvgIpc) is 3.40. The third-order valence-corrected chi connectivity index (χ3v) is 6.03. The molecule has 0 aliphatic carbocycles. The number of aryl methyl sites for hydroxylation is 1. The number of aliphatic hydroxyl groups is 1. The molecular weight excluding hydrogens is 456 g/mol.